The number of nitrogens with one attached hydrogen (secondary N) is 1. The van der Waals surface area contributed by atoms with Crippen molar-refractivity contribution in [1.82, 2.24) is 5.43 Å². The standard InChI is InChI=1S/C33H25ClN2O4/c1-22-5-4-7-26(19-22)33(38)40-31-18-13-24-6-2-3-8-29(24)30(31)20-35-36-32(37)25-11-16-28(17-12-25)39-21-23-9-14-27(34)15-10-23/h2-20H,21H2,1H3,(H,36,37). The minimum atomic E-state index is -0.476. The summed E-state index contributed by atoms with van der Waals surface area (Å²) in [5.74, 6) is 0.103. The fourth-order valence-electron chi connectivity index (χ4n) is 4.10. The van der Waals surface area contributed by atoms with E-state index in [-0.39, 0.29) is 5.91 Å². The summed E-state index contributed by atoms with van der Waals surface area (Å²) in [6.45, 7) is 2.30. The largest absolute Gasteiger partial charge is 0.489 e. The monoisotopic (exact) mass is 548 g/mol. The highest BCUT2D eigenvalue weighted by molar-refractivity contribution is 6.30. The highest BCUT2D eigenvalue weighted by atomic mass is 35.5. The average Bonchev–Trinajstić information content (AvgIpc) is 2.98. The van der Waals surface area contributed by atoms with Crippen LogP contribution < -0.4 is 14.9 Å². The molecule has 198 valence electrons. The lowest BCUT2D eigenvalue weighted by atomic mass is 10.0. The van der Waals surface area contributed by atoms with Gasteiger partial charge in [0.25, 0.3) is 5.91 Å². The Hall–Kier alpha value is -4.94. The van der Waals surface area contributed by atoms with Gasteiger partial charge in [0, 0.05) is 16.1 Å². The fourth-order valence-corrected chi connectivity index (χ4v) is 4.22. The van der Waals surface area contributed by atoms with E-state index in [2.05, 4.69) is 10.5 Å². The smallest absolute Gasteiger partial charge is 0.343 e. The number of ether oxygens (including phenoxy) is 2. The molecule has 1 amide bonds. The van der Waals surface area contributed by atoms with Crippen LogP contribution in [-0.2, 0) is 6.61 Å². The second-order valence-electron chi connectivity index (χ2n) is 9.10. The van der Waals surface area contributed by atoms with E-state index in [1.54, 1.807) is 42.5 Å². The molecule has 0 bridgehead atoms. The molecular formula is C33H25ClN2O4. The predicted octanol–water partition coefficient (Wildman–Crippen LogP) is 7.36. The first kappa shape index (κ1) is 26.7. The van der Waals surface area contributed by atoms with Crippen LogP contribution in [0.4, 0.5) is 0 Å². The molecule has 0 atom stereocenters. The zero-order valence-electron chi connectivity index (χ0n) is 21.6. The summed E-state index contributed by atoms with van der Waals surface area (Å²) < 4.78 is 11.5. The van der Waals surface area contributed by atoms with E-state index >= 15 is 0 Å². The molecule has 0 radical (unpaired) electrons. The van der Waals surface area contributed by atoms with Crippen molar-refractivity contribution in [3.05, 3.63) is 142 Å². The van der Waals surface area contributed by atoms with Gasteiger partial charge < -0.3 is 9.47 Å². The van der Waals surface area contributed by atoms with Crippen molar-refractivity contribution in [1.29, 1.82) is 0 Å². The molecule has 0 aromatic heterocycles. The summed E-state index contributed by atoms with van der Waals surface area (Å²) in [7, 11) is 0. The Morgan fingerprint density at radius 3 is 2.40 bits per heavy atom. The van der Waals surface area contributed by atoms with Gasteiger partial charge in [0.1, 0.15) is 18.1 Å². The first-order valence-electron chi connectivity index (χ1n) is 12.6. The number of nitrogens with zero attached hydrogens (tertiary/aromatic N) is 1. The number of aryl methyl sites for hydroxylation is 1. The Morgan fingerprint density at radius 2 is 1.62 bits per heavy atom. The van der Waals surface area contributed by atoms with Crippen LogP contribution in [0.3, 0.4) is 0 Å². The molecule has 0 saturated heterocycles. The number of hydrogen-bond donors (Lipinski definition) is 1. The molecular weight excluding hydrogens is 524 g/mol. The third-order valence-electron chi connectivity index (χ3n) is 6.18. The number of rotatable bonds is 8. The molecule has 0 spiro atoms. The van der Waals surface area contributed by atoms with Crippen LogP contribution in [0.1, 0.15) is 37.4 Å². The first-order valence-corrected chi connectivity index (χ1v) is 13.0. The Kier molecular flexibility index (Phi) is 8.18. The number of hydrazone groups is 1. The number of carbonyl (C=O) groups excluding carboxylic acids is 2. The van der Waals surface area contributed by atoms with E-state index in [0.29, 0.717) is 39.8 Å². The molecule has 5 rings (SSSR count). The number of halogens is 1. The average molecular weight is 549 g/mol. The third kappa shape index (κ3) is 6.54. The van der Waals surface area contributed by atoms with Gasteiger partial charge in [0.05, 0.1) is 11.8 Å². The number of benzene rings is 5. The van der Waals surface area contributed by atoms with Gasteiger partial charge in [-0.1, -0.05) is 71.8 Å². The van der Waals surface area contributed by atoms with Crippen molar-refractivity contribution in [2.45, 2.75) is 13.5 Å². The molecule has 40 heavy (non-hydrogen) atoms. The van der Waals surface area contributed by atoms with Crippen molar-refractivity contribution in [2.75, 3.05) is 0 Å². The fraction of sp³-hybridized carbons (Fsp3) is 0.0606. The highest BCUT2D eigenvalue weighted by Crippen LogP contribution is 2.27. The number of carbonyl (C=O) groups is 2. The molecule has 6 nitrogen and oxygen atoms in total. The van der Waals surface area contributed by atoms with Crippen molar-refractivity contribution in [3.8, 4) is 11.5 Å². The Morgan fingerprint density at radius 1 is 0.850 bits per heavy atom. The van der Waals surface area contributed by atoms with Crippen LogP contribution in [0.25, 0.3) is 10.8 Å². The molecule has 0 unspecified atom stereocenters. The summed E-state index contributed by atoms with van der Waals surface area (Å²) in [6.07, 6.45) is 1.49. The first-order chi connectivity index (χ1) is 19.5. The van der Waals surface area contributed by atoms with E-state index in [9.17, 15) is 9.59 Å². The van der Waals surface area contributed by atoms with Crippen LogP contribution in [0.2, 0.25) is 5.02 Å². The Bertz CT molecular complexity index is 1700. The second-order valence-corrected chi connectivity index (χ2v) is 9.53. The lowest BCUT2D eigenvalue weighted by molar-refractivity contribution is 0.0734. The van der Waals surface area contributed by atoms with Crippen LogP contribution in [0.15, 0.2) is 114 Å². The molecule has 0 saturated carbocycles. The molecule has 5 aromatic carbocycles. The number of esters is 1. The summed E-state index contributed by atoms with van der Waals surface area (Å²) in [6, 6.07) is 32.7. The summed E-state index contributed by atoms with van der Waals surface area (Å²) in [4.78, 5) is 25.6. The molecule has 0 aliphatic carbocycles. The van der Waals surface area contributed by atoms with Gasteiger partial charge in [-0.2, -0.15) is 5.10 Å². The van der Waals surface area contributed by atoms with Crippen LogP contribution >= 0.6 is 11.6 Å². The number of amides is 1. The lowest BCUT2D eigenvalue weighted by Crippen LogP contribution is -2.17. The van der Waals surface area contributed by atoms with Crippen molar-refractivity contribution in [3.63, 3.8) is 0 Å². The summed E-state index contributed by atoms with van der Waals surface area (Å²) in [5.41, 5.74) is 5.93. The summed E-state index contributed by atoms with van der Waals surface area (Å²) in [5, 5.41) is 6.61. The van der Waals surface area contributed by atoms with E-state index in [1.165, 1.54) is 6.21 Å². The van der Waals surface area contributed by atoms with Gasteiger partial charge in [0.2, 0.25) is 0 Å². The summed E-state index contributed by atoms with van der Waals surface area (Å²) >= 11 is 5.92. The zero-order valence-corrected chi connectivity index (χ0v) is 22.4. The minimum absolute atomic E-state index is 0.338. The molecule has 0 heterocycles. The van der Waals surface area contributed by atoms with E-state index < -0.39 is 5.97 Å². The van der Waals surface area contributed by atoms with Gasteiger partial charge in [0.15, 0.2) is 0 Å². The van der Waals surface area contributed by atoms with Crippen LogP contribution in [-0.4, -0.2) is 18.1 Å². The maximum atomic E-state index is 12.8. The Labute approximate surface area is 236 Å². The van der Waals surface area contributed by atoms with E-state index in [1.807, 2.05) is 73.7 Å². The maximum absolute atomic E-state index is 12.8. The molecule has 7 heteroatoms. The SMILES string of the molecule is Cc1cccc(C(=O)Oc2ccc3ccccc3c2C=NNC(=O)c2ccc(OCc3ccc(Cl)cc3)cc2)c1. The number of hydrogen-bond acceptors (Lipinski definition) is 5. The van der Waals surface area contributed by atoms with E-state index in [0.717, 1.165) is 21.9 Å². The highest BCUT2D eigenvalue weighted by Gasteiger charge is 2.14. The van der Waals surface area contributed by atoms with Gasteiger partial charge in [-0.25, -0.2) is 10.2 Å². The zero-order chi connectivity index (χ0) is 27.9. The van der Waals surface area contributed by atoms with E-state index in [4.69, 9.17) is 21.1 Å². The quantitative estimate of drug-likeness (QED) is 0.0950. The lowest BCUT2D eigenvalue weighted by Gasteiger charge is -2.11. The molecule has 1 N–H and O–H groups in total. The van der Waals surface area contributed by atoms with Gasteiger partial charge in [-0.15, -0.1) is 0 Å². The topological polar surface area (TPSA) is 77.0 Å². The van der Waals surface area contributed by atoms with Crippen molar-refractivity contribution >= 4 is 40.5 Å². The van der Waals surface area contributed by atoms with Gasteiger partial charge in [-0.05, 0) is 77.9 Å². The third-order valence-corrected chi connectivity index (χ3v) is 6.43. The van der Waals surface area contributed by atoms with Crippen LogP contribution in [0, 0.1) is 6.92 Å². The van der Waals surface area contributed by atoms with Crippen LogP contribution in [0.5, 0.6) is 11.5 Å². The second kappa shape index (κ2) is 12.3. The molecule has 5 aromatic rings. The van der Waals surface area contributed by atoms with Crippen molar-refractivity contribution in [2.24, 2.45) is 5.10 Å². The molecule has 0 aliphatic rings. The van der Waals surface area contributed by atoms with Gasteiger partial charge >= 0.3 is 5.97 Å². The maximum Gasteiger partial charge on any atom is 0.343 e. The van der Waals surface area contributed by atoms with Crippen molar-refractivity contribution < 1.29 is 19.1 Å². The van der Waals surface area contributed by atoms with Gasteiger partial charge in [-0.3, -0.25) is 4.79 Å². The number of fused-ring (bicyclic) bond motifs is 1. The Balaban J connectivity index is 1.28. The molecule has 0 aliphatic heterocycles. The predicted molar refractivity (Wildman–Crippen MR) is 157 cm³/mol. The normalized spacial score (nSPS) is 10.9. The minimum Gasteiger partial charge on any atom is -0.489 e. The molecule has 0 fully saturated rings.